The summed E-state index contributed by atoms with van der Waals surface area (Å²) in [4.78, 5) is 65.3. The number of amides is 4. The molecule has 3 rings (SSSR count). The monoisotopic (exact) mass is 681 g/mol. The van der Waals surface area contributed by atoms with Gasteiger partial charge in [-0.3, -0.25) is 29.0 Å². The summed E-state index contributed by atoms with van der Waals surface area (Å²) in [5, 5.41) is 15.5. The highest BCUT2D eigenvalue weighted by atomic mass is 32.2. The van der Waals surface area contributed by atoms with Gasteiger partial charge in [-0.05, 0) is 48.5 Å². The molecule has 6 N–H and O–H groups in total. The molecule has 0 unspecified atom stereocenters. The van der Waals surface area contributed by atoms with Crippen molar-refractivity contribution in [2.24, 2.45) is 10.3 Å². The van der Waals surface area contributed by atoms with Crippen molar-refractivity contribution in [1.29, 1.82) is 0 Å². The highest BCUT2D eigenvalue weighted by Crippen LogP contribution is 2.20. The molecule has 0 radical (unpaired) electrons. The number of benzene rings is 2. The summed E-state index contributed by atoms with van der Waals surface area (Å²) in [6, 6.07) is 10.2. The van der Waals surface area contributed by atoms with Gasteiger partial charge in [-0.25, -0.2) is 32.0 Å². The summed E-state index contributed by atoms with van der Waals surface area (Å²) >= 11 is 0. The molecule has 46 heavy (non-hydrogen) atoms. The van der Waals surface area contributed by atoms with Crippen LogP contribution in [0.15, 0.2) is 58.3 Å². The molecule has 0 aliphatic carbocycles. The molecular weight excluding hydrogens is 646 g/mol. The Balaban J connectivity index is 1.62. The zero-order chi connectivity index (χ0) is 33.9. The number of imide groups is 1. The van der Waals surface area contributed by atoms with Crippen molar-refractivity contribution in [2.45, 2.75) is 16.2 Å². The third-order valence-corrected chi connectivity index (χ3v) is 8.38. The maximum absolute atomic E-state index is 12.9. The van der Waals surface area contributed by atoms with E-state index in [1.165, 1.54) is 53.4 Å². The lowest BCUT2D eigenvalue weighted by Gasteiger charge is -2.33. The van der Waals surface area contributed by atoms with Gasteiger partial charge in [0.05, 0.1) is 54.9 Å². The van der Waals surface area contributed by atoms with E-state index in [-0.39, 0.29) is 80.9 Å². The Hall–Kier alpha value is -4.11. The van der Waals surface area contributed by atoms with Gasteiger partial charge in [0, 0.05) is 31.7 Å². The largest absolute Gasteiger partial charge is 0.379 e. The van der Waals surface area contributed by atoms with E-state index in [9.17, 15) is 40.8 Å². The fourth-order valence-electron chi connectivity index (χ4n) is 4.33. The summed E-state index contributed by atoms with van der Waals surface area (Å²) in [5.74, 6) is -2.06. The normalized spacial score (nSPS) is 14.4. The van der Waals surface area contributed by atoms with E-state index in [0.717, 1.165) is 4.90 Å². The number of primary sulfonamides is 2. The topological polar surface area (TPSA) is 249 Å². The Labute approximate surface area is 265 Å². The zero-order valence-corrected chi connectivity index (χ0v) is 26.3. The van der Waals surface area contributed by atoms with Gasteiger partial charge in [0.15, 0.2) is 0 Å². The Morgan fingerprint density at radius 2 is 1.39 bits per heavy atom. The zero-order valence-electron chi connectivity index (χ0n) is 24.7. The van der Waals surface area contributed by atoms with E-state index in [0.29, 0.717) is 12.0 Å². The van der Waals surface area contributed by atoms with Crippen LogP contribution in [0.25, 0.3) is 0 Å². The average molecular weight is 682 g/mol. The number of hydrogen-bond donors (Lipinski definition) is 4. The second-order valence-electron chi connectivity index (χ2n) is 10.1. The van der Waals surface area contributed by atoms with Gasteiger partial charge in [-0.1, -0.05) is 0 Å². The predicted octanol–water partition coefficient (Wildman–Crippen LogP) is -2.18. The van der Waals surface area contributed by atoms with E-state index < -0.39 is 43.7 Å². The SMILES string of the molecule is NS(=O)(=O)c1ccc(NC(=O)CN(CCN2CC(=O)N(c3ccc(S(N)(=O)=O)cc3)C(=O)C2)CC(=O)NCCOCCC=O)cc1. The van der Waals surface area contributed by atoms with Crippen molar-refractivity contribution in [3.8, 4) is 0 Å². The first-order valence-electron chi connectivity index (χ1n) is 13.8. The lowest BCUT2D eigenvalue weighted by Crippen LogP contribution is -2.55. The number of piperazine rings is 1. The van der Waals surface area contributed by atoms with E-state index in [1.54, 1.807) is 4.90 Å². The molecule has 4 amide bonds. The summed E-state index contributed by atoms with van der Waals surface area (Å²) in [5.41, 5.74) is 0.475. The molecule has 0 bridgehead atoms. The maximum Gasteiger partial charge on any atom is 0.247 e. The number of hydrogen-bond acceptors (Lipinski definition) is 12. The number of nitrogens with two attached hydrogens (primary N) is 2. The van der Waals surface area contributed by atoms with Crippen molar-refractivity contribution in [3.63, 3.8) is 0 Å². The quantitative estimate of drug-likeness (QED) is 0.0791. The summed E-state index contributed by atoms with van der Waals surface area (Å²) in [6.07, 6.45) is 0.941. The van der Waals surface area contributed by atoms with Gasteiger partial charge in [-0.15, -0.1) is 0 Å². The van der Waals surface area contributed by atoms with Crippen LogP contribution in [0.1, 0.15) is 6.42 Å². The fraction of sp³-hybridized carbons (Fsp3) is 0.370. The van der Waals surface area contributed by atoms with Gasteiger partial charge in [-0.2, -0.15) is 0 Å². The minimum absolute atomic E-state index is 0.102. The van der Waals surface area contributed by atoms with Gasteiger partial charge >= 0.3 is 0 Å². The molecule has 2 aromatic carbocycles. The van der Waals surface area contributed by atoms with E-state index in [1.807, 2.05) is 0 Å². The first-order chi connectivity index (χ1) is 21.7. The number of aldehydes is 1. The standard InChI is InChI=1S/C27H35N7O10S2/c28-45(40,41)22-6-2-20(3-7-22)31-25(37)17-32(16-24(36)30-10-15-44-14-1-13-35)11-12-33-18-26(38)34(27(39)19-33)21-4-8-23(9-5-21)46(29,42)43/h2-9,13H,1,10-12,14-19H2,(H,30,36)(H,31,37)(H2,28,40,41)(H2,29,42,43). The number of ether oxygens (including phenoxy) is 1. The lowest BCUT2D eigenvalue weighted by molar-refractivity contribution is -0.132. The molecule has 2 aromatic rings. The van der Waals surface area contributed by atoms with Crippen LogP contribution in [0.4, 0.5) is 11.4 Å². The fourth-order valence-corrected chi connectivity index (χ4v) is 5.36. The molecule has 0 saturated carbocycles. The number of nitrogens with zero attached hydrogens (tertiary/aromatic N) is 3. The van der Waals surface area contributed by atoms with E-state index >= 15 is 0 Å². The molecule has 1 aliphatic rings. The first kappa shape index (κ1) is 36.4. The van der Waals surface area contributed by atoms with Gasteiger partial charge < -0.3 is 20.2 Å². The number of rotatable bonds is 17. The summed E-state index contributed by atoms with van der Waals surface area (Å²) < 4.78 is 51.2. The molecule has 1 saturated heterocycles. The van der Waals surface area contributed by atoms with Crippen molar-refractivity contribution < 1.29 is 45.5 Å². The van der Waals surface area contributed by atoms with Gasteiger partial charge in [0.25, 0.3) is 0 Å². The maximum atomic E-state index is 12.9. The van der Waals surface area contributed by atoms with E-state index in [4.69, 9.17) is 15.0 Å². The molecule has 1 heterocycles. The van der Waals surface area contributed by atoms with Crippen molar-refractivity contribution in [1.82, 2.24) is 15.1 Å². The second-order valence-corrected chi connectivity index (χ2v) is 13.2. The van der Waals surface area contributed by atoms with Crippen LogP contribution in [-0.2, 0) is 48.8 Å². The molecule has 0 aromatic heterocycles. The Morgan fingerprint density at radius 3 is 1.93 bits per heavy atom. The van der Waals surface area contributed by atoms with Crippen LogP contribution in [0.2, 0.25) is 0 Å². The molecule has 17 nitrogen and oxygen atoms in total. The van der Waals surface area contributed by atoms with Crippen molar-refractivity contribution in [2.75, 3.05) is 69.2 Å². The molecule has 0 spiro atoms. The Bertz CT molecular complexity index is 1620. The third kappa shape index (κ3) is 11.4. The van der Waals surface area contributed by atoms with Gasteiger partial charge in [0.1, 0.15) is 6.29 Å². The highest BCUT2D eigenvalue weighted by Gasteiger charge is 2.32. The number of nitrogens with one attached hydrogen (secondary N) is 2. The van der Waals surface area contributed by atoms with Crippen molar-refractivity contribution >= 4 is 61.3 Å². The van der Waals surface area contributed by atoms with Crippen LogP contribution in [0, 0.1) is 0 Å². The van der Waals surface area contributed by atoms with E-state index in [2.05, 4.69) is 10.6 Å². The van der Waals surface area contributed by atoms with Crippen molar-refractivity contribution in [3.05, 3.63) is 48.5 Å². The molecule has 1 fully saturated rings. The number of carbonyl (C=O) groups is 5. The van der Waals surface area contributed by atoms with Crippen LogP contribution in [-0.4, -0.2) is 116 Å². The number of anilines is 2. The third-order valence-electron chi connectivity index (χ3n) is 6.52. The molecular formula is C27H35N7O10S2. The molecule has 0 atom stereocenters. The van der Waals surface area contributed by atoms with Crippen LogP contribution < -0.4 is 25.8 Å². The lowest BCUT2D eigenvalue weighted by atomic mass is 10.2. The summed E-state index contributed by atoms with van der Waals surface area (Å²) in [6.45, 7) is -0.0188. The highest BCUT2D eigenvalue weighted by molar-refractivity contribution is 7.89. The van der Waals surface area contributed by atoms with Crippen LogP contribution >= 0.6 is 0 Å². The van der Waals surface area contributed by atoms with Crippen LogP contribution in [0.3, 0.4) is 0 Å². The number of carbonyl (C=O) groups excluding carboxylic acids is 5. The molecule has 250 valence electrons. The molecule has 1 aliphatic heterocycles. The predicted molar refractivity (Wildman–Crippen MR) is 164 cm³/mol. The summed E-state index contributed by atoms with van der Waals surface area (Å²) in [7, 11) is -7.88. The first-order valence-corrected chi connectivity index (χ1v) is 16.9. The Morgan fingerprint density at radius 1 is 0.848 bits per heavy atom. The smallest absolute Gasteiger partial charge is 0.247 e. The van der Waals surface area contributed by atoms with Crippen LogP contribution in [0.5, 0.6) is 0 Å². The second kappa shape index (κ2) is 16.5. The minimum atomic E-state index is -3.96. The molecule has 19 heteroatoms. The number of sulfonamides is 2. The average Bonchev–Trinajstić information content (AvgIpc) is 2.97. The minimum Gasteiger partial charge on any atom is -0.379 e. The Kier molecular flexibility index (Phi) is 13.0. The van der Waals surface area contributed by atoms with Gasteiger partial charge in [0.2, 0.25) is 43.7 Å².